The van der Waals surface area contributed by atoms with Crippen LogP contribution in [0.2, 0.25) is 13.3 Å². The molecule has 0 spiro atoms. The predicted molar refractivity (Wildman–Crippen MR) is 108 cm³/mol. The Hall–Kier alpha value is -0.511. The van der Waals surface area contributed by atoms with Crippen LogP contribution in [0.4, 0.5) is 0 Å². The first-order valence-corrected chi connectivity index (χ1v) is 17.4. The number of hydrogen-bond acceptors (Lipinski definition) is 1. The van der Waals surface area contributed by atoms with Gasteiger partial charge in [-0.2, -0.15) is 0 Å². The third-order valence-corrected chi connectivity index (χ3v) is 20.8. The van der Waals surface area contributed by atoms with Crippen LogP contribution >= 0.6 is 0 Å². The Labute approximate surface area is 153 Å². The predicted octanol–water partition coefficient (Wildman–Crippen LogP) is 5.38. The Morgan fingerprint density at radius 1 is 0.875 bits per heavy atom. The van der Waals surface area contributed by atoms with Crippen molar-refractivity contribution in [2.75, 3.05) is 0 Å². The van der Waals surface area contributed by atoms with Crippen LogP contribution in [0.1, 0.15) is 71.8 Å². The van der Waals surface area contributed by atoms with Gasteiger partial charge in [-0.3, -0.25) is 0 Å². The van der Waals surface area contributed by atoms with E-state index in [0.717, 1.165) is 0 Å². The average Bonchev–Trinajstić information content (AvgIpc) is 2.60. The van der Waals surface area contributed by atoms with Crippen LogP contribution in [-0.2, 0) is 11.3 Å². The van der Waals surface area contributed by atoms with Gasteiger partial charge >= 0.3 is 154 Å². The van der Waals surface area contributed by atoms with Crippen LogP contribution < -0.4 is 8.90 Å². The molecule has 136 valence electrons. The number of benzene rings is 1. The topological polar surface area (TPSA) is 29.1 Å². The van der Waals surface area contributed by atoms with Crippen LogP contribution in [-0.4, -0.2) is 24.3 Å². The van der Waals surface area contributed by atoms with Gasteiger partial charge in [0.25, 0.3) is 0 Å². The molecule has 0 saturated carbocycles. The molecule has 0 atom stereocenters. The van der Waals surface area contributed by atoms with Gasteiger partial charge in [0, 0.05) is 0 Å². The molecule has 1 rings (SSSR count). The van der Waals surface area contributed by atoms with Crippen molar-refractivity contribution in [1.82, 2.24) is 5.32 Å². The first-order chi connectivity index (χ1) is 11.6. The number of rotatable bonds is 12. The first kappa shape index (κ1) is 21.5. The molecule has 0 aliphatic heterocycles. The fourth-order valence-electron chi connectivity index (χ4n) is 3.56. The SMILES string of the molecule is CCC[CH2][Sn]([CH2]CCC)([CH2]CCC)[c]1ccc(CNC(C)=O)cc1. The van der Waals surface area contributed by atoms with E-state index in [9.17, 15) is 4.79 Å². The summed E-state index contributed by atoms with van der Waals surface area (Å²) in [5, 5.41) is 2.90. The standard InChI is InChI=1S/C9H10NO.3C4H9.Sn/c1-8(11)10-7-9-5-3-2-4-6-9;3*1-3-4-2;/h3-6H,7H2,1H3,(H,10,11);3*1,3-4H2,2H3;. The van der Waals surface area contributed by atoms with E-state index in [2.05, 4.69) is 50.4 Å². The van der Waals surface area contributed by atoms with Gasteiger partial charge in [0.05, 0.1) is 0 Å². The van der Waals surface area contributed by atoms with E-state index in [1.165, 1.54) is 57.4 Å². The summed E-state index contributed by atoms with van der Waals surface area (Å²) in [6.45, 7) is 9.21. The number of nitrogens with one attached hydrogen (secondary N) is 1. The molecule has 0 saturated heterocycles. The van der Waals surface area contributed by atoms with Gasteiger partial charge in [-0.05, 0) is 0 Å². The molecule has 0 aromatic heterocycles. The van der Waals surface area contributed by atoms with Crippen LogP contribution in [0.25, 0.3) is 0 Å². The zero-order chi connectivity index (χ0) is 17.8. The van der Waals surface area contributed by atoms with Crippen LogP contribution in [0.3, 0.4) is 0 Å². The summed E-state index contributed by atoms with van der Waals surface area (Å²) in [5.74, 6) is 0.0430. The molecular formula is C21H37NOSn. The van der Waals surface area contributed by atoms with Gasteiger partial charge in [0.1, 0.15) is 0 Å². The van der Waals surface area contributed by atoms with E-state index in [4.69, 9.17) is 0 Å². The molecule has 2 nitrogen and oxygen atoms in total. The molecule has 0 aliphatic carbocycles. The number of hydrogen-bond donors (Lipinski definition) is 1. The maximum atomic E-state index is 11.1. The molecule has 24 heavy (non-hydrogen) atoms. The Bertz CT molecular complexity index is 447. The molecule has 0 aliphatic rings. The molecule has 1 aromatic rings. The van der Waals surface area contributed by atoms with Crippen LogP contribution in [0, 0.1) is 0 Å². The normalized spacial score (nSPS) is 11.5. The van der Waals surface area contributed by atoms with Crippen molar-refractivity contribution in [3.05, 3.63) is 29.8 Å². The zero-order valence-corrected chi connectivity index (χ0v) is 19.1. The maximum absolute atomic E-state index is 11.1. The van der Waals surface area contributed by atoms with Crippen molar-refractivity contribution in [3.8, 4) is 0 Å². The molecule has 0 heterocycles. The third kappa shape index (κ3) is 7.16. The van der Waals surface area contributed by atoms with Gasteiger partial charge < -0.3 is 0 Å². The summed E-state index contributed by atoms with van der Waals surface area (Å²) in [7, 11) is 0. The zero-order valence-electron chi connectivity index (χ0n) is 16.3. The van der Waals surface area contributed by atoms with Gasteiger partial charge in [-0.25, -0.2) is 0 Å². The minimum atomic E-state index is -2.28. The fraction of sp³-hybridized carbons (Fsp3) is 0.667. The molecule has 0 radical (unpaired) electrons. The molecule has 0 bridgehead atoms. The Balaban J connectivity index is 2.98. The summed E-state index contributed by atoms with van der Waals surface area (Å²) in [4.78, 5) is 11.1. The number of unbranched alkanes of at least 4 members (excludes halogenated alkanes) is 3. The van der Waals surface area contributed by atoms with Crippen molar-refractivity contribution in [2.45, 2.75) is 86.1 Å². The minimum absolute atomic E-state index is 0.0430. The summed E-state index contributed by atoms with van der Waals surface area (Å²) < 4.78 is 6.24. The summed E-state index contributed by atoms with van der Waals surface area (Å²) in [5.41, 5.74) is 1.22. The van der Waals surface area contributed by atoms with Gasteiger partial charge in [-0.1, -0.05) is 0 Å². The second kappa shape index (κ2) is 11.9. The summed E-state index contributed by atoms with van der Waals surface area (Å²) in [6.07, 6.45) is 8.15. The van der Waals surface area contributed by atoms with E-state index >= 15 is 0 Å². The quantitative estimate of drug-likeness (QED) is 0.437. The third-order valence-electron chi connectivity index (χ3n) is 5.13. The van der Waals surface area contributed by atoms with E-state index in [1.807, 2.05) is 0 Å². The van der Waals surface area contributed by atoms with Crippen molar-refractivity contribution in [3.63, 3.8) is 0 Å². The van der Waals surface area contributed by atoms with Crippen molar-refractivity contribution >= 4 is 27.9 Å². The molecule has 1 aromatic carbocycles. The van der Waals surface area contributed by atoms with E-state index in [-0.39, 0.29) is 5.91 Å². The van der Waals surface area contributed by atoms with Crippen molar-refractivity contribution in [2.24, 2.45) is 0 Å². The summed E-state index contributed by atoms with van der Waals surface area (Å²) >= 11 is -2.28. The fourth-order valence-corrected chi connectivity index (χ4v) is 19.5. The molecule has 1 amide bonds. The molecule has 0 unspecified atom stereocenters. The van der Waals surface area contributed by atoms with E-state index in [1.54, 1.807) is 10.5 Å². The van der Waals surface area contributed by atoms with E-state index in [0.29, 0.717) is 6.54 Å². The van der Waals surface area contributed by atoms with Gasteiger partial charge in [0.15, 0.2) is 0 Å². The van der Waals surface area contributed by atoms with Crippen molar-refractivity contribution < 1.29 is 4.79 Å². The molecule has 3 heteroatoms. The van der Waals surface area contributed by atoms with Gasteiger partial charge in [0.2, 0.25) is 0 Å². The van der Waals surface area contributed by atoms with Crippen molar-refractivity contribution in [1.29, 1.82) is 0 Å². The first-order valence-electron chi connectivity index (χ1n) is 9.91. The van der Waals surface area contributed by atoms with Crippen LogP contribution in [0.15, 0.2) is 24.3 Å². The monoisotopic (exact) mass is 439 g/mol. The Morgan fingerprint density at radius 3 is 1.71 bits per heavy atom. The average molecular weight is 438 g/mol. The second-order valence-electron chi connectivity index (χ2n) is 7.20. The molecular weight excluding hydrogens is 401 g/mol. The molecule has 0 fully saturated rings. The molecule has 1 N–H and O–H groups in total. The number of carbonyl (C=O) groups is 1. The Kier molecular flexibility index (Phi) is 10.7. The van der Waals surface area contributed by atoms with E-state index < -0.39 is 18.4 Å². The number of carbonyl (C=O) groups excluding carboxylic acids is 1. The summed E-state index contributed by atoms with van der Waals surface area (Å²) in [6, 6.07) is 9.32. The number of amides is 1. The van der Waals surface area contributed by atoms with Crippen LogP contribution in [0.5, 0.6) is 0 Å². The van der Waals surface area contributed by atoms with Gasteiger partial charge in [-0.15, -0.1) is 0 Å². The second-order valence-corrected chi connectivity index (χ2v) is 20.4. The Morgan fingerprint density at radius 2 is 1.33 bits per heavy atom.